The first-order chi connectivity index (χ1) is 11.0. The van der Waals surface area contributed by atoms with Gasteiger partial charge in [0, 0.05) is 0 Å². The van der Waals surface area contributed by atoms with Gasteiger partial charge in [0.25, 0.3) is 0 Å². The largest absolute Gasteiger partial charge is 0.223 e. The summed E-state index contributed by atoms with van der Waals surface area (Å²) in [6, 6.07) is 16.1. The summed E-state index contributed by atoms with van der Waals surface area (Å²) in [6.07, 6.45) is 0. The van der Waals surface area contributed by atoms with E-state index in [1.807, 2.05) is 43.3 Å². The number of aryl methyl sites for hydroxylation is 1. The van der Waals surface area contributed by atoms with E-state index in [1.165, 1.54) is 4.68 Å². The Balaban J connectivity index is 2.05. The minimum Gasteiger partial charge on any atom is -0.223 e. The normalized spacial score (nSPS) is 13.0. The van der Waals surface area contributed by atoms with Crippen LogP contribution in [0.3, 0.4) is 0 Å². The average Bonchev–Trinajstić information content (AvgIpc) is 3.04. The number of para-hydroxylation sites is 1. The first-order valence-electron chi connectivity index (χ1n) is 7.14. The number of nitrogens with zero attached hydrogens (tertiary/aromatic N) is 4. The van der Waals surface area contributed by atoms with Crippen LogP contribution in [0.5, 0.6) is 0 Å². The lowest BCUT2D eigenvalue weighted by atomic mass is 10.2. The van der Waals surface area contributed by atoms with E-state index in [0.29, 0.717) is 0 Å². The molecule has 1 atom stereocenters. The number of hydrogen-bond acceptors (Lipinski definition) is 5. The van der Waals surface area contributed by atoms with Crippen molar-refractivity contribution in [1.29, 1.82) is 0 Å². The highest BCUT2D eigenvalue weighted by Crippen LogP contribution is 2.28. The Hall–Kier alpha value is -2.54. The second-order valence-corrected chi connectivity index (χ2v) is 7.56. The maximum atomic E-state index is 12.9. The first kappa shape index (κ1) is 15.4. The Morgan fingerprint density at radius 1 is 1.04 bits per heavy atom. The van der Waals surface area contributed by atoms with Crippen LogP contribution in [0.1, 0.15) is 23.6 Å². The van der Waals surface area contributed by atoms with Crippen LogP contribution in [0.2, 0.25) is 0 Å². The van der Waals surface area contributed by atoms with Gasteiger partial charge >= 0.3 is 0 Å². The molecule has 2 aromatic carbocycles. The summed E-state index contributed by atoms with van der Waals surface area (Å²) in [6.45, 7) is 3.46. The first-order valence-corrected chi connectivity index (χ1v) is 8.69. The molecule has 1 heterocycles. The zero-order chi connectivity index (χ0) is 16.4. The van der Waals surface area contributed by atoms with Gasteiger partial charge in [0.05, 0.1) is 10.6 Å². The van der Waals surface area contributed by atoms with Crippen LogP contribution < -0.4 is 0 Å². The predicted octanol–water partition coefficient (Wildman–Crippen LogP) is 2.51. The number of sulfone groups is 1. The van der Waals surface area contributed by atoms with Gasteiger partial charge in [-0.05, 0) is 54.1 Å². The van der Waals surface area contributed by atoms with Crippen LogP contribution in [0.15, 0.2) is 59.5 Å². The summed E-state index contributed by atoms with van der Waals surface area (Å²) in [5.41, 5.74) is 1.61. The summed E-state index contributed by atoms with van der Waals surface area (Å²) in [5.74, 6) is 0.290. The summed E-state index contributed by atoms with van der Waals surface area (Å²) >= 11 is 0. The smallest absolute Gasteiger partial charge is 0.188 e. The Bertz CT molecular complexity index is 920. The van der Waals surface area contributed by atoms with Crippen molar-refractivity contribution in [2.24, 2.45) is 0 Å². The highest BCUT2D eigenvalue weighted by Gasteiger charge is 2.30. The Labute approximate surface area is 134 Å². The van der Waals surface area contributed by atoms with Crippen molar-refractivity contribution in [1.82, 2.24) is 20.2 Å². The maximum absolute atomic E-state index is 12.9. The molecule has 0 saturated carbocycles. The van der Waals surface area contributed by atoms with E-state index in [-0.39, 0.29) is 10.7 Å². The van der Waals surface area contributed by atoms with Gasteiger partial charge in [0.15, 0.2) is 15.7 Å². The predicted molar refractivity (Wildman–Crippen MR) is 85.9 cm³/mol. The Morgan fingerprint density at radius 2 is 1.78 bits per heavy atom. The fraction of sp³-hybridized carbons (Fsp3) is 0.188. The van der Waals surface area contributed by atoms with E-state index in [4.69, 9.17) is 0 Å². The molecule has 0 spiro atoms. The van der Waals surface area contributed by atoms with Crippen LogP contribution in [-0.2, 0) is 9.84 Å². The molecule has 0 aliphatic rings. The molecule has 0 amide bonds. The Kier molecular flexibility index (Phi) is 3.96. The minimum atomic E-state index is -3.58. The highest BCUT2D eigenvalue weighted by molar-refractivity contribution is 7.91. The average molecular weight is 328 g/mol. The van der Waals surface area contributed by atoms with Gasteiger partial charge in [0.1, 0.15) is 5.25 Å². The lowest BCUT2D eigenvalue weighted by Gasteiger charge is -2.13. The van der Waals surface area contributed by atoms with E-state index in [1.54, 1.807) is 25.1 Å². The molecule has 3 rings (SSSR count). The van der Waals surface area contributed by atoms with E-state index in [9.17, 15) is 8.42 Å². The molecule has 0 saturated heterocycles. The zero-order valence-electron chi connectivity index (χ0n) is 12.8. The van der Waals surface area contributed by atoms with E-state index >= 15 is 0 Å². The number of benzene rings is 2. The van der Waals surface area contributed by atoms with Crippen molar-refractivity contribution < 1.29 is 8.42 Å². The van der Waals surface area contributed by atoms with Crippen molar-refractivity contribution in [3.63, 3.8) is 0 Å². The minimum absolute atomic E-state index is 0.271. The molecule has 7 heteroatoms. The molecule has 23 heavy (non-hydrogen) atoms. The third-order valence-corrected chi connectivity index (χ3v) is 5.69. The molecule has 118 valence electrons. The topological polar surface area (TPSA) is 77.7 Å². The quantitative estimate of drug-likeness (QED) is 0.735. The molecule has 0 aliphatic carbocycles. The molecular weight excluding hydrogens is 312 g/mol. The number of hydrogen-bond donors (Lipinski definition) is 0. The van der Waals surface area contributed by atoms with Gasteiger partial charge in [-0.3, -0.25) is 0 Å². The van der Waals surface area contributed by atoms with Gasteiger partial charge < -0.3 is 0 Å². The van der Waals surface area contributed by atoms with Gasteiger partial charge in [-0.2, -0.15) is 4.68 Å². The van der Waals surface area contributed by atoms with Crippen molar-refractivity contribution in [3.05, 3.63) is 66.0 Å². The molecule has 1 unspecified atom stereocenters. The fourth-order valence-corrected chi connectivity index (χ4v) is 3.79. The highest BCUT2D eigenvalue weighted by atomic mass is 32.2. The van der Waals surface area contributed by atoms with E-state index < -0.39 is 15.1 Å². The molecule has 0 N–H and O–H groups in total. The maximum Gasteiger partial charge on any atom is 0.188 e. The number of tetrazole rings is 1. The lowest BCUT2D eigenvalue weighted by molar-refractivity contribution is 0.580. The summed E-state index contributed by atoms with van der Waals surface area (Å²) in [5, 5.41) is 10.6. The van der Waals surface area contributed by atoms with Crippen LogP contribution in [0.25, 0.3) is 5.69 Å². The van der Waals surface area contributed by atoms with Gasteiger partial charge in [0.2, 0.25) is 0 Å². The SMILES string of the molecule is Cc1cccc(S(=O)(=O)C(C)c2nnnn2-c2ccccc2)c1. The van der Waals surface area contributed by atoms with Crippen LogP contribution in [-0.4, -0.2) is 28.6 Å². The molecule has 0 aliphatic heterocycles. The second kappa shape index (κ2) is 5.92. The van der Waals surface area contributed by atoms with Crippen LogP contribution in [0, 0.1) is 6.92 Å². The van der Waals surface area contributed by atoms with Gasteiger partial charge in [-0.1, -0.05) is 30.3 Å². The number of aromatic nitrogens is 4. The molecule has 3 aromatic rings. The second-order valence-electron chi connectivity index (χ2n) is 5.29. The monoisotopic (exact) mass is 328 g/mol. The van der Waals surface area contributed by atoms with E-state index in [0.717, 1.165) is 11.3 Å². The standard InChI is InChI=1S/C16H16N4O2S/c1-12-7-6-10-15(11-12)23(21,22)13(2)16-17-18-19-20(16)14-8-4-3-5-9-14/h3-11,13H,1-2H3. The van der Waals surface area contributed by atoms with Crippen molar-refractivity contribution >= 4 is 9.84 Å². The summed E-state index contributed by atoms with van der Waals surface area (Å²) in [7, 11) is -3.58. The summed E-state index contributed by atoms with van der Waals surface area (Å²) in [4.78, 5) is 0.271. The van der Waals surface area contributed by atoms with Crippen molar-refractivity contribution in [3.8, 4) is 5.69 Å². The fourth-order valence-electron chi connectivity index (χ4n) is 2.34. The van der Waals surface area contributed by atoms with E-state index in [2.05, 4.69) is 15.5 Å². The van der Waals surface area contributed by atoms with Crippen molar-refractivity contribution in [2.75, 3.05) is 0 Å². The van der Waals surface area contributed by atoms with Crippen molar-refractivity contribution in [2.45, 2.75) is 24.0 Å². The summed E-state index contributed by atoms with van der Waals surface area (Å²) < 4.78 is 27.2. The van der Waals surface area contributed by atoms with Crippen LogP contribution >= 0.6 is 0 Å². The number of rotatable bonds is 4. The third kappa shape index (κ3) is 2.87. The molecule has 0 radical (unpaired) electrons. The lowest BCUT2D eigenvalue weighted by Crippen LogP contribution is -2.16. The third-order valence-electron chi connectivity index (χ3n) is 3.64. The Morgan fingerprint density at radius 3 is 2.48 bits per heavy atom. The van der Waals surface area contributed by atoms with Gasteiger partial charge in [-0.25, -0.2) is 8.42 Å². The molecule has 6 nitrogen and oxygen atoms in total. The molecular formula is C16H16N4O2S. The molecule has 0 bridgehead atoms. The van der Waals surface area contributed by atoms with Gasteiger partial charge in [-0.15, -0.1) is 5.10 Å². The van der Waals surface area contributed by atoms with Crippen LogP contribution in [0.4, 0.5) is 0 Å². The molecule has 1 aromatic heterocycles. The molecule has 0 fully saturated rings. The zero-order valence-corrected chi connectivity index (χ0v) is 13.6.